The van der Waals surface area contributed by atoms with Crippen LogP contribution in [0.5, 0.6) is 0 Å². The monoisotopic (exact) mass is 268 g/mol. The maximum Gasteiger partial charge on any atom is 0.240 e. The van der Waals surface area contributed by atoms with Crippen molar-refractivity contribution in [1.82, 2.24) is 4.90 Å². The minimum absolute atomic E-state index is 0.0200. The lowest BCUT2D eigenvalue weighted by molar-refractivity contribution is -0.135. The summed E-state index contributed by atoms with van der Waals surface area (Å²) in [6.07, 6.45) is 0.886. The highest BCUT2D eigenvalue weighted by molar-refractivity contribution is 7.09. The summed E-state index contributed by atoms with van der Waals surface area (Å²) >= 11 is 1.73. The molecule has 1 aromatic rings. The zero-order chi connectivity index (χ0) is 13.9. The third kappa shape index (κ3) is 3.82. The summed E-state index contributed by atoms with van der Waals surface area (Å²) < 4.78 is 0. The van der Waals surface area contributed by atoms with E-state index in [-0.39, 0.29) is 17.4 Å². The number of hydrogen-bond donors (Lipinski definition) is 1. The Bertz CT molecular complexity index is 381. The van der Waals surface area contributed by atoms with Gasteiger partial charge in [0, 0.05) is 24.4 Å². The molecule has 2 N–H and O–H groups in total. The Balaban J connectivity index is 2.63. The van der Waals surface area contributed by atoms with Gasteiger partial charge in [0.15, 0.2) is 0 Å². The Morgan fingerprint density at radius 1 is 1.50 bits per heavy atom. The molecule has 2 atom stereocenters. The molecule has 0 aliphatic heterocycles. The van der Waals surface area contributed by atoms with E-state index in [0.717, 1.165) is 6.42 Å². The fourth-order valence-corrected chi connectivity index (χ4v) is 2.49. The van der Waals surface area contributed by atoms with Crippen LogP contribution in [0.25, 0.3) is 0 Å². The first-order chi connectivity index (χ1) is 8.23. The van der Waals surface area contributed by atoms with E-state index in [1.165, 1.54) is 4.88 Å². The first kappa shape index (κ1) is 15.2. The summed E-state index contributed by atoms with van der Waals surface area (Å²) in [4.78, 5) is 15.3. The van der Waals surface area contributed by atoms with E-state index in [1.54, 1.807) is 16.2 Å². The van der Waals surface area contributed by atoms with Gasteiger partial charge in [-0.1, -0.05) is 26.8 Å². The molecule has 1 rings (SSSR count). The first-order valence-corrected chi connectivity index (χ1v) is 7.16. The van der Waals surface area contributed by atoms with E-state index in [0.29, 0.717) is 0 Å². The van der Waals surface area contributed by atoms with Gasteiger partial charge in [0.25, 0.3) is 0 Å². The lowest BCUT2D eigenvalue weighted by Gasteiger charge is -2.33. The molecule has 0 saturated carbocycles. The Morgan fingerprint density at radius 3 is 2.56 bits per heavy atom. The quantitative estimate of drug-likeness (QED) is 0.912. The molecule has 0 radical (unpaired) electrons. The normalized spacial score (nSPS) is 15.2. The molecule has 3 nitrogen and oxygen atoms in total. The minimum Gasteiger partial charge on any atom is -0.341 e. The summed E-state index contributed by atoms with van der Waals surface area (Å²) in [5.41, 5.74) is 5.82. The van der Waals surface area contributed by atoms with E-state index < -0.39 is 6.04 Å². The maximum absolute atomic E-state index is 12.3. The molecule has 2 unspecified atom stereocenters. The Kier molecular flexibility index (Phi) is 4.93. The summed E-state index contributed by atoms with van der Waals surface area (Å²) in [5.74, 6) is 0.0200. The molecule has 0 aliphatic carbocycles. The third-order valence-corrected chi connectivity index (χ3v) is 4.18. The van der Waals surface area contributed by atoms with Gasteiger partial charge in [0.05, 0.1) is 6.04 Å². The number of amides is 1. The van der Waals surface area contributed by atoms with E-state index in [4.69, 9.17) is 5.73 Å². The smallest absolute Gasteiger partial charge is 0.240 e. The number of carbonyl (C=O) groups excluding carboxylic acids is 1. The van der Waals surface area contributed by atoms with Gasteiger partial charge < -0.3 is 10.6 Å². The molecule has 0 spiro atoms. The zero-order valence-corrected chi connectivity index (χ0v) is 12.8. The number of rotatable bonds is 4. The van der Waals surface area contributed by atoms with Crippen LogP contribution < -0.4 is 5.73 Å². The summed E-state index contributed by atoms with van der Waals surface area (Å²) in [7, 11) is 1.84. The predicted octanol–water partition coefficient (Wildman–Crippen LogP) is 2.51. The van der Waals surface area contributed by atoms with Crippen molar-refractivity contribution in [3.05, 3.63) is 22.4 Å². The van der Waals surface area contributed by atoms with E-state index in [1.807, 2.05) is 33.9 Å². The van der Waals surface area contributed by atoms with Crippen LogP contribution in [0.1, 0.15) is 32.6 Å². The van der Waals surface area contributed by atoms with Crippen LogP contribution in [0.15, 0.2) is 17.5 Å². The molecule has 1 amide bonds. The molecule has 0 aromatic carbocycles. The predicted molar refractivity (Wildman–Crippen MR) is 77.7 cm³/mol. The SMILES string of the molecule is CC(Cc1cccs1)N(C)C(=O)C(N)C(C)(C)C. The molecule has 0 aliphatic rings. The second-order valence-corrected chi connectivity index (χ2v) is 6.96. The highest BCUT2D eigenvalue weighted by Crippen LogP contribution is 2.20. The van der Waals surface area contributed by atoms with Crippen LogP contribution in [0.4, 0.5) is 0 Å². The van der Waals surface area contributed by atoms with Crippen molar-refractivity contribution in [3.8, 4) is 0 Å². The third-order valence-electron chi connectivity index (χ3n) is 3.28. The van der Waals surface area contributed by atoms with Gasteiger partial charge in [-0.05, 0) is 23.8 Å². The van der Waals surface area contributed by atoms with Crippen LogP contribution in [0.3, 0.4) is 0 Å². The summed E-state index contributed by atoms with van der Waals surface area (Å²) in [5, 5.41) is 2.06. The van der Waals surface area contributed by atoms with Crippen molar-refractivity contribution in [2.75, 3.05) is 7.05 Å². The largest absolute Gasteiger partial charge is 0.341 e. The van der Waals surface area contributed by atoms with Crippen LogP contribution in [-0.2, 0) is 11.2 Å². The fourth-order valence-electron chi connectivity index (χ4n) is 1.66. The van der Waals surface area contributed by atoms with Crippen molar-refractivity contribution >= 4 is 17.2 Å². The van der Waals surface area contributed by atoms with E-state index in [9.17, 15) is 4.79 Å². The minimum atomic E-state index is -0.451. The molecule has 18 heavy (non-hydrogen) atoms. The van der Waals surface area contributed by atoms with Gasteiger partial charge in [-0.15, -0.1) is 11.3 Å². The number of likely N-dealkylation sites (N-methyl/N-ethyl adjacent to an activating group) is 1. The van der Waals surface area contributed by atoms with Crippen molar-refractivity contribution in [1.29, 1.82) is 0 Å². The van der Waals surface area contributed by atoms with Gasteiger partial charge in [0.1, 0.15) is 0 Å². The van der Waals surface area contributed by atoms with Gasteiger partial charge in [-0.3, -0.25) is 4.79 Å². The van der Waals surface area contributed by atoms with Crippen molar-refractivity contribution in [3.63, 3.8) is 0 Å². The molecule has 0 fully saturated rings. The van der Waals surface area contributed by atoms with Crippen LogP contribution >= 0.6 is 11.3 Å². The van der Waals surface area contributed by atoms with Crippen molar-refractivity contribution < 1.29 is 4.79 Å². The van der Waals surface area contributed by atoms with Crippen LogP contribution in [0, 0.1) is 5.41 Å². The summed E-state index contributed by atoms with van der Waals surface area (Å²) in [6.45, 7) is 8.04. The maximum atomic E-state index is 12.3. The van der Waals surface area contributed by atoms with Crippen molar-refractivity contribution in [2.24, 2.45) is 11.1 Å². The van der Waals surface area contributed by atoms with E-state index >= 15 is 0 Å². The van der Waals surface area contributed by atoms with E-state index in [2.05, 4.69) is 18.4 Å². The fraction of sp³-hybridized carbons (Fsp3) is 0.643. The molecule has 0 bridgehead atoms. The second kappa shape index (κ2) is 5.85. The number of carbonyl (C=O) groups is 1. The highest BCUT2D eigenvalue weighted by Gasteiger charge is 2.31. The molecule has 1 heterocycles. The lowest BCUT2D eigenvalue weighted by Crippen LogP contribution is -2.51. The molecular weight excluding hydrogens is 244 g/mol. The highest BCUT2D eigenvalue weighted by atomic mass is 32.1. The molecule has 102 valence electrons. The Morgan fingerprint density at radius 2 is 2.11 bits per heavy atom. The number of nitrogens with two attached hydrogens (primary N) is 1. The standard InChI is InChI=1S/C14H24N2OS/c1-10(9-11-7-6-8-18-11)16(5)13(17)12(15)14(2,3)4/h6-8,10,12H,9,15H2,1-5H3. The van der Waals surface area contributed by atoms with Gasteiger partial charge in [0.2, 0.25) is 5.91 Å². The van der Waals surface area contributed by atoms with Gasteiger partial charge in [-0.2, -0.15) is 0 Å². The van der Waals surface area contributed by atoms with Crippen LogP contribution in [0.2, 0.25) is 0 Å². The zero-order valence-electron chi connectivity index (χ0n) is 11.9. The first-order valence-electron chi connectivity index (χ1n) is 6.28. The van der Waals surface area contributed by atoms with Crippen molar-refractivity contribution in [2.45, 2.75) is 46.2 Å². The number of thiophene rings is 1. The van der Waals surface area contributed by atoms with Gasteiger partial charge in [-0.25, -0.2) is 0 Å². The molecule has 1 aromatic heterocycles. The average Bonchev–Trinajstić information content (AvgIpc) is 2.77. The Labute approximate surface area is 114 Å². The second-order valence-electron chi connectivity index (χ2n) is 5.93. The average molecular weight is 268 g/mol. The number of hydrogen-bond acceptors (Lipinski definition) is 3. The molecular formula is C14H24N2OS. The Hall–Kier alpha value is -0.870. The van der Waals surface area contributed by atoms with Crippen LogP contribution in [-0.4, -0.2) is 29.9 Å². The molecule has 0 saturated heterocycles. The lowest BCUT2D eigenvalue weighted by atomic mass is 9.86. The number of nitrogens with zero attached hydrogens (tertiary/aromatic N) is 1. The summed E-state index contributed by atoms with van der Waals surface area (Å²) in [6, 6.07) is 3.86. The molecule has 4 heteroatoms. The van der Waals surface area contributed by atoms with Gasteiger partial charge >= 0.3 is 0 Å². The topological polar surface area (TPSA) is 46.3 Å².